The Hall–Kier alpha value is -1.93. The molecule has 4 N–H and O–H groups in total. The van der Waals surface area contributed by atoms with Gasteiger partial charge in [0, 0.05) is 19.6 Å². The molecule has 8 nitrogen and oxygen atoms in total. The second-order valence-electron chi connectivity index (χ2n) is 5.29. The summed E-state index contributed by atoms with van der Waals surface area (Å²) in [6, 6.07) is 0.218. The van der Waals surface area contributed by atoms with Crippen LogP contribution in [0.2, 0.25) is 0 Å². The van der Waals surface area contributed by atoms with Crippen molar-refractivity contribution < 1.29 is 14.7 Å². The summed E-state index contributed by atoms with van der Waals surface area (Å²) in [6.07, 6.45) is 3.16. The molecule has 1 fully saturated rings. The van der Waals surface area contributed by atoms with Crippen LogP contribution in [0.3, 0.4) is 0 Å². The molecule has 1 aromatic rings. The summed E-state index contributed by atoms with van der Waals surface area (Å²) in [5.74, 6) is -1.42. The molecular formula is C13H21N5O3. The Bertz CT molecular complexity index is 522. The summed E-state index contributed by atoms with van der Waals surface area (Å²) < 4.78 is 1.54. The number of aryl methyl sites for hydroxylation is 1. The fourth-order valence-electron chi connectivity index (χ4n) is 2.71. The lowest BCUT2D eigenvalue weighted by Crippen LogP contribution is -2.46. The summed E-state index contributed by atoms with van der Waals surface area (Å²) in [5, 5.41) is 16.5. The molecule has 0 radical (unpaired) electrons. The third kappa shape index (κ3) is 3.79. The first kappa shape index (κ1) is 15.5. The van der Waals surface area contributed by atoms with Crippen molar-refractivity contribution in [3.63, 3.8) is 0 Å². The maximum atomic E-state index is 11.3. The second-order valence-corrected chi connectivity index (χ2v) is 5.29. The van der Waals surface area contributed by atoms with E-state index in [1.54, 1.807) is 11.7 Å². The van der Waals surface area contributed by atoms with Gasteiger partial charge in [-0.25, -0.2) is 4.79 Å². The van der Waals surface area contributed by atoms with E-state index in [2.05, 4.69) is 10.4 Å². The highest BCUT2D eigenvalue weighted by Crippen LogP contribution is 2.17. The number of aromatic carboxylic acids is 1. The predicted molar refractivity (Wildman–Crippen MR) is 75.7 cm³/mol. The summed E-state index contributed by atoms with van der Waals surface area (Å²) >= 11 is 0. The highest BCUT2D eigenvalue weighted by molar-refractivity contribution is 5.88. The van der Waals surface area contributed by atoms with Crippen molar-refractivity contribution in [3.05, 3.63) is 17.5 Å². The van der Waals surface area contributed by atoms with Gasteiger partial charge in [0.1, 0.15) is 5.56 Å². The van der Waals surface area contributed by atoms with E-state index in [0.29, 0.717) is 12.2 Å². The number of carbonyl (C=O) groups is 2. The molecule has 8 heteroatoms. The Morgan fingerprint density at radius 2 is 2.19 bits per heavy atom. The largest absolute Gasteiger partial charge is 0.478 e. The molecule has 0 aromatic carbocycles. The Morgan fingerprint density at radius 3 is 2.76 bits per heavy atom. The van der Waals surface area contributed by atoms with Gasteiger partial charge < -0.3 is 16.2 Å². The summed E-state index contributed by atoms with van der Waals surface area (Å²) in [5.41, 5.74) is 6.08. The average Bonchev–Trinajstić information content (AvgIpc) is 2.80. The number of amides is 1. The molecule has 2 rings (SSSR count). The minimum atomic E-state index is -1.01. The molecule has 0 bridgehead atoms. The highest BCUT2D eigenvalue weighted by atomic mass is 16.4. The zero-order chi connectivity index (χ0) is 15.4. The lowest BCUT2D eigenvalue weighted by atomic mass is 10.0. The van der Waals surface area contributed by atoms with E-state index in [1.165, 1.54) is 6.20 Å². The van der Waals surface area contributed by atoms with Crippen molar-refractivity contribution in [2.45, 2.75) is 25.4 Å². The summed E-state index contributed by atoms with van der Waals surface area (Å²) in [7, 11) is 1.70. The van der Waals surface area contributed by atoms with E-state index in [-0.39, 0.29) is 18.2 Å². The molecule has 0 unspecified atom stereocenters. The van der Waals surface area contributed by atoms with Gasteiger partial charge >= 0.3 is 5.97 Å². The van der Waals surface area contributed by atoms with Gasteiger partial charge in [0.2, 0.25) is 5.91 Å². The van der Waals surface area contributed by atoms with Gasteiger partial charge in [0.05, 0.1) is 18.4 Å². The Balaban J connectivity index is 2.19. The molecule has 1 amide bonds. The van der Waals surface area contributed by atoms with Crippen molar-refractivity contribution in [2.75, 3.05) is 19.6 Å². The molecule has 0 aliphatic carbocycles. The fourth-order valence-corrected chi connectivity index (χ4v) is 2.71. The smallest absolute Gasteiger partial charge is 0.339 e. The zero-order valence-electron chi connectivity index (χ0n) is 12.1. The number of nitrogens with one attached hydrogen (secondary N) is 1. The fraction of sp³-hybridized carbons (Fsp3) is 0.615. The summed E-state index contributed by atoms with van der Waals surface area (Å²) in [6.45, 7) is 2.24. The third-order valence-corrected chi connectivity index (χ3v) is 3.83. The number of nitrogens with zero attached hydrogens (tertiary/aromatic N) is 3. The Labute approximate surface area is 122 Å². The first-order valence-electron chi connectivity index (χ1n) is 6.96. The van der Waals surface area contributed by atoms with Crippen LogP contribution in [0.1, 0.15) is 28.9 Å². The normalized spacial score (nSPS) is 16.3. The van der Waals surface area contributed by atoms with Crippen LogP contribution in [0.5, 0.6) is 0 Å². The minimum absolute atomic E-state index is 0.120. The van der Waals surface area contributed by atoms with Crippen molar-refractivity contribution in [3.8, 4) is 0 Å². The van der Waals surface area contributed by atoms with Crippen molar-refractivity contribution in [2.24, 2.45) is 12.8 Å². The average molecular weight is 295 g/mol. The van der Waals surface area contributed by atoms with Crippen LogP contribution >= 0.6 is 0 Å². The lowest BCUT2D eigenvalue weighted by molar-refractivity contribution is -0.120. The number of piperidine rings is 1. The number of rotatable bonds is 6. The van der Waals surface area contributed by atoms with Crippen LogP contribution < -0.4 is 11.1 Å². The van der Waals surface area contributed by atoms with Gasteiger partial charge in [0.25, 0.3) is 0 Å². The number of carboxylic acids is 1. The van der Waals surface area contributed by atoms with E-state index in [9.17, 15) is 14.7 Å². The Kier molecular flexibility index (Phi) is 4.92. The van der Waals surface area contributed by atoms with Crippen LogP contribution in [0.4, 0.5) is 0 Å². The number of carboxylic acid groups (broad SMARTS) is 1. The SMILES string of the molecule is Cn1ncc(C(=O)O)c1CN(CC(N)=O)C1CCNCC1. The van der Waals surface area contributed by atoms with Crippen LogP contribution in [0.15, 0.2) is 6.20 Å². The van der Waals surface area contributed by atoms with Crippen molar-refractivity contribution in [1.82, 2.24) is 20.0 Å². The number of aromatic nitrogens is 2. The maximum absolute atomic E-state index is 11.3. The number of hydrogen-bond donors (Lipinski definition) is 3. The monoisotopic (exact) mass is 295 g/mol. The van der Waals surface area contributed by atoms with Crippen LogP contribution in [0.25, 0.3) is 0 Å². The van der Waals surface area contributed by atoms with E-state index < -0.39 is 11.9 Å². The zero-order valence-corrected chi connectivity index (χ0v) is 12.1. The van der Waals surface area contributed by atoms with Gasteiger partial charge in [0.15, 0.2) is 0 Å². The van der Waals surface area contributed by atoms with Crippen LogP contribution in [-0.4, -0.2) is 57.3 Å². The molecule has 1 saturated heterocycles. The standard InChI is InChI=1S/C13H21N5O3/c1-17-11(10(6-16-17)13(20)21)7-18(8-12(14)19)9-2-4-15-5-3-9/h6,9,15H,2-5,7-8H2,1H3,(H2,14,19)(H,20,21). The number of hydrogen-bond acceptors (Lipinski definition) is 5. The molecule has 1 aliphatic heterocycles. The highest BCUT2D eigenvalue weighted by Gasteiger charge is 2.25. The quantitative estimate of drug-likeness (QED) is 0.630. The van der Waals surface area contributed by atoms with E-state index in [1.807, 2.05) is 4.90 Å². The molecule has 2 heterocycles. The van der Waals surface area contributed by atoms with Crippen molar-refractivity contribution in [1.29, 1.82) is 0 Å². The van der Waals surface area contributed by atoms with E-state index >= 15 is 0 Å². The minimum Gasteiger partial charge on any atom is -0.478 e. The predicted octanol–water partition coefficient (Wildman–Crippen LogP) is -0.842. The number of carbonyl (C=O) groups excluding carboxylic acids is 1. The second kappa shape index (κ2) is 6.68. The van der Waals surface area contributed by atoms with Gasteiger partial charge in [-0.05, 0) is 25.9 Å². The molecular weight excluding hydrogens is 274 g/mol. The Morgan fingerprint density at radius 1 is 1.52 bits per heavy atom. The first-order chi connectivity index (χ1) is 9.99. The lowest BCUT2D eigenvalue weighted by Gasteiger charge is -2.33. The first-order valence-corrected chi connectivity index (χ1v) is 6.96. The molecule has 0 spiro atoms. The molecule has 0 atom stereocenters. The van der Waals surface area contributed by atoms with Gasteiger partial charge in [-0.2, -0.15) is 5.10 Å². The molecule has 1 aromatic heterocycles. The van der Waals surface area contributed by atoms with Gasteiger partial charge in [-0.3, -0.25) is 14.4 Å². The summed E-state index contributed by atoms with van der Waals surface area (Å²) in [4.78, 5) is 24.5. The molecule has 1 aliphatic rings. The van der Waals surface area contributed by atoms with E-state index in [0.717, 1.165) is 25.9 Å². The maximum Gasteiger partial charge on any atom is 0.339 e. The van der Waals surface area contributed by atoms with Gasteiger partial charge in [-0.15, -0.1) is 0 Å². The van der Waals surface area contributed by atoms with Crippen LogP contribution in [0, 0.1) is 0 Å². The molecule has 116 valence electrons. The van der Waals surface area contributed by atoms with Crippen molar-refractivity contribution >= 4 is 11.9 Å². The number of primary amides is 1. The van der Waals surface area contributed by atoms with E-state index in [4.69, 9.17) is 5.73 Å². The molecule has 0 saturated carbocycles. The van der Waals surface area contributed by atoms with Gasteiger partial charge in [-0.1, -0.05) is 0 Å². The topological polar surface area (TPSA) is 113 Å². The third-order valence-electron chi connectivity index (χ3n) is 3.83. The van der Waals surface area contributed by atoms with Crippen LogP contribution in [-0.2, 0) is 18.4 Å². The molecule has 21 heavy (non-hydrogen) atoms. The number of nitrogens with two attached hydrogens (primary N) is 1.